The normalized spacial score (nSPS) is 26.6. The highest BCUT2D eigenvalue weighted by Crippen LogP contribution is 2.64. The SMILES string of the molecule is Cc1cn([C@@H]2O[C@H](CO[Si](C)(C)C(C)(C)C)C3(C=CS(=O)(=O)O3)[C@H]2O[Si](C(C)(C)C)(C(C)(C)C)C(C)(C)C)c(=O)n(C)c1=O. The molecule has 252 valence electrons. The fraction of sp³-hybridized carbons (Fsp3) is 0.806. The summed E-state index contributed by atoms with van der Waals surface area (Å²) < 4.78 is 55.5. The monoisotopic (exact) mass is 672 g/mol. The third kappa shape index (κ3) is 6.06. The van der Waals surface area contributed by atoms with Crippen LogP contribution in [-0.4, -0.2) is 58.6 Å². The molecule has 1 unspecified atom stereocenters. The van der Waals surface area contributed by atoms with Crippen molar-refractivity contribution in [2.75, 3.05) is 6.61 Å². The van der Waals surface area contributed by atoms with Crippen LogP contribution in [0.5, 0.6) is 0 Å². The van der Waals surface area contributed by atoms with E-state index in [9.17, 15) is 18.0 Å². The van der Waals surface area contributed by atoms with Crippen LogP contribution in [0.2, 0.25) is 33.2 Å². The van der Waals surface area contributed by atoms with E-state index in [4.69, 9.17) is 17.8 Å². The number of ether oxygens (including phenoxy) is 1. The van der Waals surface area contributed by atoms with E-state index in [1.165, 1.54) is 23.9 Å². The van der Waals surface area contributed by atoms with Gasteiger partial charge in [-0.3, -0.25) is 18.1 Å². The molecule has 1 aromatic rings. The van der Waals surface area contributed by atoms with Crippen molar-refractivity contribution in [1.82, 2.24) is 9.13 Å². The Labute approximate surface area is 266 Å². The van der Waals surface area contributed by atoms with Gasteiger partial charge in [-0.25, -0.2) is 4.79 Å². The zero-order valence-electron chi connectivity index (χ0n) is 29.7. The summed E-state index contributed by atoms with van der Waals surface area (Å²) in [6, 6.07) is 0. The molecule has 0 aliphatic carbocycles. The van der Waals surface area contributed by atoms with Gasteiger partial charge in [0.1, 0.15) is 12.2 Å². The highest BCUT2D eigenvalue weighted by molar-refractivity contribution is 7.90. The van der Waals surface area contributed by atoms with Crippen LogP contribution in [0.3, 0.4) is 0 Å². The van der Waals surface area contributed by atoms with Crippen molar-refractivity contribution in [3.05, 3.63) is 44.1 Å². The third-order valence-corrected chi connectivity index (χ3v) is 22.3. The van der Waals surface area contributed by atoms with Gasteiger partial charge in [-0.1, -0.05) is 83.1 Å². The van der Waals surface area contributed by atoms with Crippen LogP contribution < -0.4 is 11.2 Å². The minimum Gasteiger partial charge on any atom is -0.414 e. The van der Waals surface area contributed by atoms with Gasteiger partial charge in [0, 0.05) is 18.8 Å². The van der Waals surface area contributed by atoms with Gasteiger partial charge in [-0.2, -0.15) is 8.42 Å². The molecule has 3 rings (SSSR count). The van der Waals surface area contributed by atoms with E-state index >= 15 is 0 Å². The van der Waals surface area contributed by atoms with E-state index in [2.05, 4.69) is 96.2 Å². The van der Waals surface area contributed by atoms with Crippen molar-refractivity contribution >= 4 is 26.8 Å². The van der Waals surface area contributed by atoms with Gasteiger partial charge in [-0.05, 0) is 46.2 Å². The third-order valence-electron chi connectivity index (χ3n) is 9.90. The molecule has 0 N–H and O–H groups in total. The Kier molecular flexibility index (Phi) is 9.38. The highest BCUT2D eigenvalue weighted by Gasteiger charge is 2.69. The number of hydrogen-bond donors (Lipinski definition) is 0. The summed E-state index contributed by atoms with van der Waals surface area (Å²) in [5.41, 5.74) is -2.30. The predicted octanol–water partition coefficient (Wildman–Crippen LogP) is 6.12. The van der Waals surface area contributed by atoms with Gasteiger partial charge < -0.3 is 13.6 Å². The molecule has 13 heteroatoms. The number of aromatic nitrogens is 2. The summed E-state index contributed by atoms with van der Waals surface area (Å²) in [5.74, 6) is 0. The molecule has 2 aliphatic heterocycles. The second-order valence-electron chi connectivity index (χ2n) is 17.2. The fourth-order valence-electron chi connectivity index (χ4n) is 7.66. The largest absolute Gasteiger partial charge is 0.414 e. The predicted molar refractivity (Wildman–Crippen MR) is 179 cm³/mol. The van der Waals surface area contributed by atoms with Crippen molar-refractivity contribution in [2.45, 2.75) is 147 Å². The van der Waals surface area contributed by atoms with Gasteiger partial charge >= 0.3 is 5.69 Å². The molecule has 44 heavy (non-hydrogen) atoms. The molecule has 0 saturated carbocycles. The lowest BCUT2D eigenvalue weighted by Gasteiger charge is -2.59. The Morgan fingerprint density at radius 2 is 1.41 bits per heavy atom. The highest BCUT2D eigenvalue weighted by atomic mass is 32.2. The number of nitrogens with zero attached hydrogens (tertiary/aromatic N) is 2. The fourth-order valence-corrected chi connectivity index (χ4v) is 18.2. The van der Waals surface area contributed by atoms with Crippen molar-refractivity contribution in [3.8, 4) is 0 Å². The molecule has 10 nitrogen and oxygen atoms in total. The molecular weight excluding hydrogens is 617 g/mol. The zero-order valence-corrected chi connectivity index (χ0v) is 32.6. The van der Waals surface area contributed by atoms with E-state index in [1.807, 2.05) is 0 Å². The van der Waals surface area contributed by atoms with Crippen molar-refractivity contribution in [1.29, 1.82) is 0 Å². The second kappa shape index (κ2) is 11.1. The Morgan fingerprint density at radius 1 is 0.909 bits per heavy atom. The topological polar surface area (TPSA) is 115 Å². The molecule has 1 saturated heterocycles. The number of rotatable bonds is 6. The van der Waals surface area contributed by atoms with Crippen LogP contribution >= 0.6 is 0 Å². The molecule has 1 fully saturated rings. The summed E-state index contributed by atoms with van der Waals surface area (Å²) in [5, 5.41) is -0.119. The number of aryl methyl sites for hydroxylation is 1. The van der Waals surface area contributed by atoms with Crippen LogP contribution in [0.4, 0.5) is 0 Å². The molecule has 3 heterocycles. The molecule has 2 aliphatic rings. The summed E-state index contributed by atoms with van der Waals surface area (Å²) in [6.07, 6.45) is -0.130. The van der Waals surface area contributed by atoms with E-state index < -0.39 is 62.0 Å². The average Bonchev–Trinajstić information content (AvgIpc) is 3.29. The Hall–Kier alpha value is -1.36. The maximum Gasteiger partial charge on any atom is 0.332 e. The minimum absolute atomic E-state index is 0.0291. The van der Waals surface area contributed by atoms with Gasteiger partial charge in [0.2, 0.25) is 8.32 Å². The second-order valence-corrected chi connectivity index (χ2v) is 29.5. The summed E-state index contributed by atoms with van der Waals surface area (Å²) in [7, 11) is -8.07. The van der Waals surface area contributed by atoms with Crippen molar-refractivity contribution < 1.29 is 26.2 Å². The Bertz CT molecular complexity index is 1480. The lowest BCUT2D eigenvalue weighted by molar-refractivity contribution is -0.0556. The summed E-state index contributed by atoms with van der Waals surface area (Å²) in [4.78, 5) is 26.4. The first-order valence-electron chi connectivity index (χ1n) is 15.4. The standard InChI is InChI=1S/C31H56N2O8SSi2/c1-21-19-33(26(35)32(14)24(21)34)25-23(40-44(28(5,6)7,29(8,9)10)30(11,12)13)31(17-18-42(36,37)41-31)22(39-25)20-38-43(15,16)27(2,3)4/h17-19,22-23,25H,20H2,1-16H3/t22-,23+,25-,31?/m1/s1. The number of hydrogen-bond acceptors (Lipinski definition) is 8. The molecule has 0 aromatic carbocycles. The van der Waals surface area contributed by atoms with Crippen LogP contribution in [-0.2, 0) is 34.9 Å². The molecule has 1 aromatic heterocycles. The maximum atomic E-state index is 13.7. The van der Waals surface area contributed by atoms with E-state index in [1.54, 1.807) is 6.92 Å². The smallest absolute Gasteiger partial charge is 0.332 e. The summed E-state index contributed by atoms with van der Waals surface area (Å²) in [6.45, 7) is 31.7. The average molecular weight is 673 g/mol. The van der Waals surface area contributed by atoms with E-state index in [0.29, 0.717) is 5.56 Å². The van der Waals surface area contributed by atoms with Gasteiger partial charge in [0.25, 0.3) is 15.7 Å². The molecule has 0 bridgehead atoms. The van der Waals surface area contributed by atoms with Crippen LogP contribution in [0, 0.1) is 6.92 Å². The van der Waals surface area contributed by atoms with Crippen LogP contribution in [0.1, 0.15) is 94.9 Å². The molecular formula is C31H56N2O8SSi2. The molecule has 4 atom stereocenters. The van der Waals surface area contributed by atoms with Crippen molar-refractivity contribution in [3.63, 3.8) is 0 Å². The lowest BCUT2D eigenvalue weighted by Crippen LogP contribution is -2.65. The first-order chi connectivity index (χ1) is 19.5. The quantitative estimate of drug-likeness (QED) is 0.262. The Balaban J connectivity index is 2.40. The van der Waals surface area contributed by atoms with Gasteiger partial charge in [-0.15, -0.1) is 0 Å². The van der Waals surface area contributed by atoms with Gasteiger partial charge in [0.05, 0.1) is 12.0 Å². The zero-order chi connectivity index (χ0) is 34.3. The van der Waals surface area contributed by atoms with E-state index in [-0.39, 0.29) is 26.8 Å². The molecule has 0 radical (unpaired) electrons. The molecule has 0 amide bonds. The summed E-state index contributed by atoms with van der Waals surface area (Å²) >= 11 is 0. The van der Waals surface area contributed by atoms with E-state index in [0.717, 1.165) is 9.98 Å². The van der Waals surface area contributed by atoms with Crippen LogP contribution in [0.15, 0.2) is 27.3 Å². The first-order valence-corrected chi connectivity index (χ1v) is 21.7. The Morgan fingerprint density at radius 3 is 1.82 bits per heavy atom. The van der Waals surface area contributed by atoms with Gasteiger partial charge in [0.15, 0.2) is 20.1 Å². The maximum absolute atomic E-state index is 13.7. The van der Waals surface area contributed by atoms with Crippen LogP contribution in [0.25, 0.3) is 0 Å². The lowest BCUT2D eigenvalue weighted by atomic mass is 9.92. The van der Waals surface area contributed by atoms with Crippen molar-refractivity contribution in [2.24, 2.45) is 7.05 Å². The first kappa shape index (κ1) is 37.1. The molecule has 1 spiro atoms. The minimum atomic E-state index is -4.10.